The third-order valence-corrected chi connectivity index (χ3v) is 4.69. The van der Waals surface area contributed by atoms with E-state index in [1.54, 1.807) is 12.1 Å². The van der Waals surface area contributed by atoms with E-state index in [0.29, 0.717) is 30.2 Å². The monoisotopic (exact) mass is 273 g/mol. The van der Waals surface area contributed by atoms with Crippen LogP contribution in [0.5, 0.6) is 0 Å². The molecule has 2 unspecified atom stereocenters. The van der Waals surface area contributed by atoms with Crippen LogP contribution in [-0.4, -0.2) is 30.1 Å². The van der Waals surface area contributed by atoms with Crippen molar-refractivity contribution >= 4 is 0 Å². The lowest BCUT2D eigenvalue weighted by molar-refractivity contribution is 0.164. The van der Waals surface area contributed by atoms with Gasteiger partial charge in [0.1, 0.15) is 11.9 Å². The van der Waals surface area contributed by atoms with Crippen LogP contribution in [0.2, 0.25) is 0 Å². The average molecular weight is 273 g/mol. The predicted molar refractivity (Wildman–Crippen MR) is 75.5 cm³/mol. The summed E-state index contributed by atoms with van der Waals surface area (Å²) in [5.41, 5.74) is 0.763. The molecule has 2 aliphatic heterocycles. The maximum absolute atomic E-state index is 14.1. The molecule has 4 heteroatoms. The number of nitriles is 1. The molecule has 2 heterocycles. The first-order valence-corrected chi connectivity index (χ1v) is 7.31. The summed E-state index contributed by atoms with van der Waals surface area (Å²) in [7, 11) is 2.06. The van der Waals surface area contributed by atoms with E-state index in [9.17, 15) is 4.39 Å². The maximum atomic E-state index is 14.1. The first-order chi connectivity index (χ1) is 9.67. The number of rotatable bonds is 3. The zero-order chi connectivity index (χ0) is 14.1. The van der Waals surface area contributed by atoms with Crippen LogP contribution in [0.15, 0.2) is 18.2 Å². The normalized spacial score (nSPS) is 28.6. The van der Waals surface area contributed by atoms with E-state index in [1.807, 2.05) is 6.07 Å². The van der Waals surface area contributed by atoms with Gasteiger partial charge < -0.3 is 5.32 Å². The van der Waals surface area contributed by atoms with Crippen LogP contribution in [0, 0.1) is 17.1 Å². The fraction of sp³-hybridized carbons (Fsp3) is 0.562. The second-order valence-electron chi connectivity index (χ2n) is 6.07. The van der Waals surface area contributed by atoms with E-state index < -0.39 is 0 Å². The molecule has 2 fully saturated rings. The van der Waals surface area contributed by atoms with Crippen LogP contribution in [0.4, 0.5) is 4.39 Å². The highest BCUT2D eigenvalue weighted by Gasteiger charge is 2.35. The predicted octanol–water partition coefficient (Wildman–Crippen LogP) is 2.41. The van der Waals surface area contributed by atoms with Gasteiger partial charge in [-0.05, 0) is 38.8 Å². The quantitative estimate of drug-likeness (QED) is 0.919. The van der Waals surface area contributed by atoms with Crippen molar-refractivity contribution in [1.29, 1.82) is 5.26 Å². The molecule has 1 aromatic carbocycles. The van der Waals surface area contributed by atoms with E-state index in [2.05, 4.69) is 17.3 Å². The summed E-state index contributed by atoms with van der Waals surface area (Å²) >= 11 is 0. The van der Waals surface area contributed by atoms with Gasteiger partial charge in [-0.1, -0.05) is 12.1 Å². The molecule has 3 nitrogen and oxygen atoms in total. The van der Waals surface area contributed by atoms with Gasteiger partial charge in [0.2, 0.25) is 0 Å². The van der Waals surface area contributed by atoms with Gasteiger partial charge in [-0.25, -0.2) is 4.39 Å². The summed E-state index contributed by atoms with van der Waals surface area (Å²) in [6.07, 6.45) is 4.83. The lowest BCUT2D eigenvalue weighted by Gasteiger charge is -2.35. The molecule has 2 aliphatic rings. The van der Waals surface area contributed by atoms with Crippen molar-refractivity contribution in [3.63, 3.8) is 0 Å². The van der Waals surface area contributed by atoms with Gasteiger partial charge in [0.05, 0.1) is 5.56 Å². The minimum atomic E-state index is -0.362. The van der Waals surface area contributed by atoms with Crippen molar-refractivity contribution in [3.05, 3.63) is 35.1 Å². The Labute approximate surface area is 119 Å². The Morgan fingerprint density at radius 2 is 2.05 bits per heavy atom. The van der Waals surface area contributed by atoms with Gasteiger partial charge in [-0.3, -0.25) is 4.90 Å². The standard InChI is InChI=1S/C16H20FN3/c1-20(15-7-13-5-6-14(8-15)19-13)10-12-4-2-3-11(9-18)16(12)17/h2-4,13-15,19H,5-8,10H2,1H3. The third kappa shape index (κ3) is 2.56. The largest absolute Gasteiger partial charge is 0.311 e. The molecule has 3 rings (SSSR count). The molecule has 0 aromatic heterocycles. The zero-order valence-electron chi connectivity index (χ0n) is 11.8. The van der Waals surface area contributed by atoms with Crippen LogP contribution >= 0.6 is 0 Å². The Morgan fingerprint density at radius 1 is 1.35 bits per heavy atom. The average Bonchev–Trinajstić information content (AvgIpc) is 2.79. The number of fused-ring (bicyclic) bond motifs is 2. The lowest BCUT2D eigenvalue weighted by atomic mass is 9.98. The molecule has 2 atom stereocenters. The van der Waals surface area contributed by atoms with Crippen LogP contribution in [0.25, 0.3) is 0 Å². The van der Waals surface area contributed by atoms with E-state index in [4.69, 9.17) is 5.26 Å². The minimum Gasteiger partial charge on any atom is -0.311 e. The molecular weight excluding hydrogens is 253 g/mol. The van der Waals surface area contributed by atoms with Gasteiger partial charge in [-0.2, -0.15) is 5.26 Å². The van der Waals surface area contributed by atoms with Gasteiger partial charge in [0.15, 0.2) is 0 Å². The second kappa shape index (κ2) is 5.51. The van der Waals surface area contributed by atoms with E-state index >= 15 is 0 Å². The number of hydrogen-bond acceptors (Lipinski definition) is 3. The van der Waals surface area contributed by atoms with Crippen LogP contribution < -0.4 is 5.32 Å². The van der Waals surface area contributed by atoms with Crippen molar-refractivity contribution in [2.75, 3.05) is 7.05 Å². The number of hydrogen-bond donors (Lipinski definition) is 1. The van der Waals surface area contributed by atoms with Crippen molar-refractivity contribution in [2.24, 2.45) is 0 Å². The molecule has 1 aromatic rings. The van der Waals surface area contributed by atoms with Crippen molar-refractivity contribution in [3.8, 4) is 6.07 Å². The highest BCUT2D eigenvalue weighted by Crippen LogP contribution is 2.30. The smallest absolute Gasteiger partial charge is 0.145 e. The molecule has 20 heavy (non-hydrogen) atoms. The van der Waals surface area contributed by atoms with E-state index in [-0.39, 0.29) is 11.4 Å². The highest BCUT2D eigenvalue weighted by molar-refractivity contribution is 5.34. The summed E-state index contributed by atoms with van der Waals surface area (Å²) in [6.45, 7) is 0.575. The number of nitrogens with one attached hydrogen (secondary N) is 1. The SMILES string of the molecule is CN(Cc1cccc(C#N)c1F)C1CC2CCC(C1)N2. The van der Waals surface area contributed by atoms with E-state index in [0.717, 1.165) is 12.8 Å². The Kier molecular flexibility index (Phi) is 3.73. The Morgan fingerprint density at radius 3 is 2.70 bits per heavy atom. The van der Waals surface area contributed by atoms with Crippen LogP contribution in [0.1, 0.15) is 36.8 Å². The summed E-state index contributed by atoms with van der Waals surface area (Å²) in [4.78, 5) is 2.24. The van der Waals surface area contributed by atoms with Crippen molar-refractivity contribution < 1.29 is 4.39 Å². The van der Waals surface area contributed by atoms with Gasteiger partial charge >= 0.3 is 0 Å². The van der Waals surface area contributed by atoms with Crippen LogP contribution in [0.3, 0.4) is 0 Å². The third-order valence-electron chi connectivity index (χ3n) is 4.69. The summed E-state index contributed by atoms with van der Waals surface area (Å²) in [6, 6.07) is 8.77. The molecule has 2 saturated heterocycles. The second-order valence-corrected chi connectivity index (χ2v) is 6.07. The van der Waals surface area contributed by atoms with Gasteiger partial charge in [0.25, 0.3) is 0 Å². The Balaban J connectivity index is 1.70. The highest BCUT2D eigenvalue weighted by atomic mass is 19.1. The molecule has 106 valence electrons. The minimum absolute atomic E-state index is 0.140. The number of halogens is 1. The first-order valence-electron chi connectivity index (χ1n) is 7.31. The molecule has 2 bridgehead atoms. The number of benzene rings is 1. The molecule has 1 N–H and O–H groups in total. The summed E-state index contributed by atoms with van der Waals surface area (Å²) < 4.78 is 14.1. The van der Waals surface area contributed by atoms with Crippen molar-refractivity contribution in [2.45, 2.75) is 50.4 Å². The maximum Gasteiger partial charge on any atom is 0.145 e. The Bertz CT molecular complexity index is 525. The van der Waals surface area contributed by atoms with Crippen molar-refractivity contribution in [1.82, 2.24) is 10.2 Å². The molecule has 0 amide bonds. The number of piperidine rings is 1. The van der Waals surface area contributed by atoms with Crippen LogP contribution in [-0.2, 0) is 6.54 Å². The van der Waals surface area contributed by atoms with Gasteiger partial charge in [-0.15, -0.1) is 0 Å². The summed E-state index contributed by atoms with van der Waals surface area (Å²) in [5.74, 6) is -0.362. The zero-order valence-corrected chi connectivity index (χ0v) is 11.8. The van der Waals surface area contributed by atoms with Gasteiger partial charge in [0, 0.05) is 30.2 Å². The number of nitrogens with zero attached hydrogens (tertiary/aromatic N) is 2. The lowest BCUT2D eigenvalue weighted by Crippen LogP contribution is -2.46. The molecule has 0 spiro atoms. The molecular formula is C16H20FN3. The fourth-order valence-electron chi connectivity index (χ4n) is 3.57. The topological polar surface area (TPSA) is 39.1 Å². The molecule has 0 aliphatic carbocycles. The molecule has 0 saturated carbocycles. The first kappa shape index (κ1) is 13.5. The summed E-state index contributed by atoms with van der Waals surface area (Å²) in [5, 5.41) is 12.5. The molecule has 0 radical (unpaired) electrons. The Hall–Kier alpha value is -1.44. The van der Waals surface area contributed by atoms with E-state index in [1.165, 1.54) is 18.9 Å². The fourth-order valence-corrected chi connectivity index (χ4v) is 3.57.